The zero-order valence-electron chi connectivity index (χ0n) is 12.2. The summed E-state index contributed by atoms with van der Waals surface area (Å²) in [4.78, 5) is 0. The van der Waals surface area contributed by atoms with Gasteiger partial charge in [0.1, 0.15) is 5.75 Å². The largest absolute Gasteiger partial charge is 0.496 e. The van der Waals surface area contributed by atoms with E-state index in [1.165, 1.54) is 5.56 Å². The molecular formula is C15H26N2O. The van der Waals surface area contributed by atoms with Crippen LogP contribution in [0.2, 0.25) is 0 Å². The molecule has 0 aliphatic heterocycles. The molecule has 1 atom stereocenters. The zero-order valence-corrected chi connectivity index (χ0v) is 12.2. The molecule has 0 unspecified atom stereocenters. The van der Waals surface area contributed by atoms with Gasteiger partial charge in [-0.2, -0.15) is 0 Å². The molecule has 0 heterocycles. The van der Waals surface area contributed by atoms with E-state index in [0.29, 0.717) is 6.04 Å². The van der Waals surface area contributed by atoms with Crippen LogP contribution < -0.4 is 15.4 Å². The van der Waals surface area contributed by atoms with Crippen LogP contribution in [0.3, 0.4) is 0 Å². The topological polar surface area (TPSA) is 33.3 Å². The monoisotopic (exact) mass is 250 g/mol. The number of hydrogen-bond donors (Lipinski definition) is 2. The summed E-state index contributed by atoms with van der Waals surface area (Å²) in [5.41, 5.74) is 1.38. The predicted molar refractivity (Wildman–Crippen MR) is 77.2 cm³/mol. The molecule has 3 heteroatoms. The highest BCUT2D eigenvalue weighted by Crippen LogP contribution is 2.23. The van der Waals surface area contributed by atoms with Gasteiger partial charge in [-0.15, -0.1) is 0 Å². The molecule has 0 saturated heterocycles. The van der Waals surface area contributed by atoms with Gasteiger partial charge >= 0.3 is 0 Å². The van der Waals surface area contributed by atoms with Crippen LogP contribution in [0.15, 0.2) is 24.3 Å². The number of ether oxygens (including phenoxy) is 1. The second kappa shape index (κ2) is 6.76. The number of hydrogen-bond acceptors (Lipinski definition) is 3. The standard InChI is InChI=1S/C15H26N2O/c1-12(16-10-11-17-15(2,3)4)13-8-6-7-9-14(13)18-5/h6-9,12,16-17H,10-11H2,1-5H3/t12-/m0/s1. The fourth-order valence-corrected chi connectivity index (χ4v) is 1.86. The van der Waals surface area contributed by atoms with Crippen LogP contribution in [0.5, 0.6) is 5.75 Å². The minimum Gasteiger partial charge on any atom is -0.496 e. The lowest BCUT2D eigenvalue weighted by molar-refractivity contribution is 0.394. The van der Waals surface area contributed by atoms with E-state index in [0.717, 1.165) is 18.8 Å². The van der Waals surface area contributed by atoms with Crippen LogP contribution >= 0.6 is 0 Å². The molecule has 18 heavy (non-hydrogen) atoms. The quantitative estimate of drug-likeness (QED) is 0.762. The third kappa shape index (κ3) is 5.07. The molecule has 102 valence electrons. The molecule has 1 rings (SSSR count). The summed E-state index contributed by atoms with van der Waals surface area (Å²) < 4.78 is 5.37. The minimum absolute atomic E-state index is 0.176. The van der Waals surface area contributed by atoms with Gasteiger partial charge < -0.3 is 15.4 Å². The van der Waals surface area contributed by atoms with Crippen molar-refractivity contribution in [2.45, 2.75) is 39.3 Å². The Labute approximate surface area is 111 Å². The van der Waals surface area contributed by atoms with E-state index in [1.54, 1.807) is 7.11 Å². The zero-order chi connectivity index (χ0) is 13.6. The summed E-state index contributed by atoms with van der Waals surface area (Å²) in [5, 5.41) is 6.97. The lowest BCUT2D eigenvalue weighted by Gasteiger charge is -2.22. The van der Waals surface area contributed by atoms with Crippen LogP contribution in [0, 0.1) is 0 Å². The molecule has 1 aromatic carbocycles. The van der Waals surface area contributed by atoms with Crippen molar-refractivity contribution in [1.29, 1.82) is 0 Å². The van der Waals surface area contributed by atoms with Crippen molar-refractivity contribution < 1.29 is 4.74 Å². The maximum Gasteiger partial charge on any atom is 0.123 e. The van der Waals surface area contributed by atoms with Crippen LogP contribution in [-0.4, -0.2) is 25.7 Å². The van der Waals surface area contributed by atoms with E-state index < -0.39 is 0 Å². The number of para-hydroxylation sites is 1. The van der Waals surface area contributed by atoms with Crippen LogP contribution in [-0.2, 0) is 0 Å². The maximum absolute atomic E-state index is 5.37. The first-order chi connectivity index (χ1) is 8.44. The number of nitrogens with one attached hydrogen (secondary N) is 2. The summed E-state index contributed by atoms with van der Waals surface area (Å²) in [5.74, 6) is 0.946. The number of rotatable bonds is 6. The van der Waals surface area contributed by atoms with E-state index in [1.807, 2.05) is 18.2 Å². The van der Waals surface area contributed by atoms with Crippen LogP contribution in [0.1, 0.15) is 39.3 Å². The van der Waals surface area contributed by atoms with Crippen molar-refractivity contribution in [2.75, 3.05) is 20.2 Å². The number of methoxy groups -OCH3 is 1. The lowest BCUT2D eigenvalue weighted by Crippen LogP contribution is -2.40. The molecule has 0 aliphatic rings. The molecule has 0 spiro atoms. The van der Waals surface area contributed by atoms with Crippen molar-refractivity contribution in [3.8, 4) is 5.75 Å². The van der Waals surface area contributed by atoms with Crippen molar-refractivity contribution in [2.24, 2.45) is 0 Å². The average Bonchev–Trinajstić information content (AvgIpc) is 2.33. The molecule has 0 fully saturated rings. The molecule has 0 aromatic heterocycles. The van der Waals surface area contributed by atoms with Crippen LogP contribution in [0.25, 0.3) is 0 Å². The van der Waals surface area contributed by atoms with Gasteiger partial charge in [-0.1, -0.05) is 18.2 Å². The smallest absolute Gasteiger partial charge is 0.123 e. The van der Waals surface area contributed by atoms with Gasteiger partial charge in [-0.3, -0.25) is 0 Å². The normalized spacial score (nSPS) is 13.4. The van der Waals surface area contributed by atoms with Gasteiger partial charge in [0.15, 0.2) is 0 Å². The highest BCUT2D eigenvalue weighted by molar-refractivity contribution is 5.35. The van der Waals surface area contributed by atoms with Crippen molar-refractivity contribution in [3.63, 3.8) is 0 Å². The third-order valence-corrected chi connectivity index (χ3v) is 2.84. The second-order valence-corrected chi connectivity index (χ2v) is 5.59. The van der Waals surface area contributed by atoms with Gasteiger partial charge in [-0.25, -0.2) is 0 Å². The van der Waals surface area contributed by atoms with Gasteiger partial charge in [-0.05, 0) is 33.8 Å². The van der Waals surface area contributed by atoms with Gasteiger partial charge in [0.2, 0.25) is 0 Å². The Morgan fingerprint density at radius 3 is 2.44 bits per heavy atom. The van der Waals surface area contributed by atoms with Gasteiger partial charge in [0.05, 0.1) is 7.11 Å². The SMILES string of the molecule is COc1ccccc1[C@H](C)NCCNC(C)(C)C. The molecule has 2 N–H and O–H groups in total. The first-order valence-electron chi connectivity index (χ1n) is 6.55. The van der Waals surface area contributed by atoms with Crippen molar-refractivity contribution in [1.82, 2.24) is 10.6 Å². The summed E-state index contributed by atoms with van der Waals surface area (Å²) in [7, 11) is 1.71. The summed E-state index contributed by atoms with van der Waals surface area (Å²) in [6.07, 6.45) is 0. The Kier molecular flexibility index (Phi) is 5.63. The molecule has 0 saturated carbocycles. The molecule has 1 aromatic rings. The Morgan fingerprint density at radius 2 is 1.83 bits per heavy atom. The predicted octanol–water partition coefficient (Wildman–Crippen LogP) is 2.73. The van der Waals surface area contributed by atoms with Crippen molar-refractivity contribution >= 4 is 0 Å². The van der Waals surface area contributed by atoms with Gasteiger partial charge in [0, 0.05) is 30.2 Å². The Hall–Kier alpha value is -1.06. The average molecular weight is 250 g/mol. The maximum atomic E-state index is 5.37. The summed E-state index contributed by atoms with van der Waals surface area (Å²) >= 11 is 0. The summed E-state index contributed by atoms with van der Waals surface area (Å²) in [6.45, 7) is 10.6. The molecule has 0 bridgehead atoms. The van der Waals surface area contributed by atoms with Crippen molar-refractivity contribution in [3.05, 3.63) is 29.8 Å². The lowest BCUT2D eigenvalue weighted by atomic mass is 10.1. The van der Waals surface area contributed by atoms with E-state index in [2.05, 4.69) is 44.4 Å². The Bertz CT molecular complexity index is 358. The highest BCUT2D eigenvalue weighted by atomic mass is 16.5. The molecule has 0 amide bonds. The van der Waals surface area contributed by atoms with E-state index in [9.17, 15) is 0 Å². The van der Waals surface area contributed by atoms with Gasteiger partial charge in [0.25, 0.3) is 0 Å². The third-order valence-electron chi connectivity index (χ3n) is 2.84. The molecular weight excluding hydrogens is 224 g/mol. The fourth-order valence-electron chi connectivity index (χ4n) is 1.86. The molecule has 3 nitrogen and oxygen atoms in total. The van der Waals surface area contributed by atoms with E-state index in [-0.39, 0.29) is 5.54 Å². The van der Waals surface area contributed by atoms with E-state index in [4.69, 9.17) is 4.74 Å². The fraction of sp³-hybridized carbons (Fsp3) is 0.600. The number of benzene rings is 1. The highest BCUT2D eigenvalue weighted by Gasteiger charge is 2.11. The first-order valence-corrected chi connectivity index (χ1v) is 6.55. The Morgan fingerprint density at radius 1 is 1.17 bits per heavy atom. The molecule has 0 aliphatic carbocycles. The molecule has 0 radical (unpaired) electrons. The van der Waals surface area contributed by atoms with E-state index >= 15 is 0 Å². The summed E-state index contributed by atoms with van der Waals surface area (Å²) in [6, 6.07) is 8.44. The van der Waals surface area contributed by atoms with Crippen LogP contribution in [0.4, 0.5) is 0 Å². The Balaban J connectivity index is 2.43. The first kappa shape index (κ1) is 15.0. The minimum atomic E-state index is 0.176. The second-order valence-electron chi connectivity index (χ2n) is 5.59.